The first-order valence-corrected chi connectivity index (χ1v) is 7.33. The molecule has 1 saturated carbocycles. The van der Waals surface area contributed by atoms with Gasteiger partial charge < -0.3 is 15.4 Å². The zero-order chi connectivity index (χ0) is 13.0. The summed E-state index contributed by atoms with van der Waals surface area (Å²) in [6.45, 7) is 6.79. The van der Waals surface area contributed by atoms with Crippen molar-refractivity contribution in [3.8, 4) is 0 Å². The van der Waals surface area contributed by atoms with Crippen molar-refractivity contribution in [2.45, 2.75) is 58.1 Å². The first kappa shape index (κ1) is 13.8. The van der Waals surface area contributed by atoms with Gasteiger partial charge in [0.2, 0.25) is 5.91 Å². The Morgan fingerprint density at radius 3 is 2.78 bits per heavy atom. The molecule has 0 bridgehead atoms. The number of carbonyl (C=O) groups excluding carboxylic acids is 1. The van der Waals surface area contributed by atoms with Crippen molar-refractivity contribution in [1.29, 1.82) is 0 Å². The molecule has 1 unspecified atom stereocenters. The summed E-state index contributed by atoms with van der Waals surface area (Å²) in [5.41, 5.74) is -0.172. The third kappa shape index (κ3) is 2.86. The van der Waals surface area contributed by atoms with E-state index in [2.05, 4.69) is 17.6 Å². The molecule has 0 aromatic carbocycles. The number of nitrogens with one attached hydrogen (secondary N) is 2. The Balaban J connectivity index is 1.80. The molecule has 4 heteroatoms. The summed E-state index contributed by atoms with van der Waals surface area (Å²) in [5, 5.41) is 6.57. The number of hydrogen-bond donors (Lipinski definition) is 2. The number of hydrogen-bond acceptors (Lipinski definition) is 3. The van der Waals surface area contributed by atoms with Crippen LogP contribution < -0.4 is 10.6 Å². The largest absolute Gasteiger partial charge is 0.378 e. The molecule has 0 aromatic heterocycles. The highest BCUT2D eigenvalue weighted by Crippen LogP contribution is 2.32. The van der Waals surface area contributed by atoms with Crippen LogP contribution in [0.15, 0.2) is 0 Å². The number of amides is 1. The fraction of sp³-hybridized carbons (Fsp3) is 0.929. The van der Waals surface area contributed by atoms with Gasteiger partial charge in [0.25, 0.3) is 0 Å². The van der Waals surface area contributed by atoms with E-state index in [1.165, 1.54) is 0 Å². The lowest BCUT2D eigenvalue weighted by atomic mass is 9.76. The minimum absolute atomic E-state index is 0.172. The molecule has 4 nitrogen and oxygen atoms in total. The maximum absolute atomic E-state index is 12.4. The topological polar surface area (TPSA) is 50.4 Å². The molecule has 1 aliphatic heterocycles. The highest BCUT2D eigenvalue weighted by Gasteiger charge is 2.40. The van der Waals surface area contributed by atoms with E-state index in [0.29, 0.717) is 12.1 Å². The van der Waals surface area contributed by atoms with Gasteiger partial charge in [-0.3, -0.25) is 4.79 Å². The number of carbonyl (C=O) groups is 1. The maximum atomic E-state index is 12.4. The summed E-state index contributed by atoms with van der Waals surface area (Å²) in [6.07, 6.45) is 5.37. The Labute approximate surface area is 110 Å². The normalized spacial score (nSPS) is 35.9. The molecule has 18 heavy (non-hydrogen) atoms. The molecule has 2 N–H and O–H groups in total. The van der Waals surface area contributed by atoms with Gasteiger partial charge in [0.05, 0.1) is 11.5 Å². The molecule has 2 rings (SSSR count). The summed E-state index contributed by atoms with van der Waals surface area (Å²) in [6, 6.07) is 0.333. The average molecular weight is 254 g/mol. The lowest BCUT2D eigenvalue weighted by Crippen LogP contribution is -2.56. The summed E-state index contributed by atoms with van der Waals surface area (Å²) < 4.78 is 5.52. The van der Waals surface area contributed by atoms with E-state index in [0.717, 1.165) is 51.8 Å². The van der Waals surface area contributed by atoms with Crippen LogP contribution in [0.1, 0.15) is 46.0 Å². The first-order chi connectivity index (χ1) is 8.70. The quantitative estimate of drug-likeness (QED) is 0.781. The Morgan fingerprint density at radius 1 is 1.44 bits per heavy atom. The third-order valence-electron chi connectivity index (χ3n) is 4.46. The predicted molar refractivity (Wildman–Crippen MR) is 71.4 cm³/mol. The molecule has 2 fully saturated rings. The van der Waals surface area contributed by atoms with Gasteiger partial charge in [-0.15, -0.1) is 0 Å². The van der Waals surface area contributed by atoms with E-state index in [1.807, 2.05) is 6.92 Å². The van der Waals surface area contributed by atoms with E-state index < -0.39 is 0 Å². The SMILES string of the molecule is CCOC1CC(NC(=O)C2(CC)CCCNC2)C1. The smallest absolute Gasteiger partial charge is 0.227 e. The lowest BCUT2D eigenvalue weighted by Gasteiger charge is -2.40. The molecule has 1 heterocycles. The van der Waals surface area contributed by atoms with Gasteiger partial charge in [0.1, 0.15) is 0 Å². The van der Waals surface area contributed by atoms with Gasteiger partial charge in [0.15, 0.2) is 0 Å². The van der Waals surface area contributed by atoms with Gasteiger partial charge in [0, 0.05) is 19.2 Å². The van der Waals surface area contributed by atoms with Gasteiger partial charge in [-0.05, 0) is 45.6 Å². The zero-order valence-electron chi connectivity index (χ0n) is 11.6. The fourth-order valence-corrected chi connectivity index (χ4v) is 3.02. The second kappa shape index (κ2) is 6.02. The van der Waals surface area contributed by atoms with Crippen LogP contribution in [-0.4, -0.2) is 37.7 Å². The third-order valence-corrected chi connectivity index (χ3v) is 4.46. The molecule has 1 amide bonds. The Bertz CT molecular complexity index is 282. The number of ether oxygens (including phenoxy) is 1. The van der Waals surface area contributed by atoms with Crippen LogP contribution in [0, 0.1) is 5.41 Å². The van der Waals surface area contributed by atoms with Crippen LogP contribution in [0.3, 0.4) is 0 Å². The second-order valence-corrected chi connectivity index (χ2v) is 5.63. The molecular weight excluding hydrogens is 228 g/mol. The van der Waals surface area contributed by atoms with Crippen molar-refractivity contribution >= 4 is 5.91 Å². The Hall–Kier alpha value is -0.610. The van der Waals surface area contributed by atoms with Crippen LogP contribution in [0.2, 0.25) is 0 Å². The van der Waals surface area contributed by atoms with E-state index in [1.54, 1.807) is 0 Å². The van der Waals surface area contributed by atoms with E-state index in [-0.39, 0.29) is 11.3 Å². The minimum Gasteiger partial charge on any atom is -0.378 e. The lowest BCUT2D eigenvalue weighted by molar-refractivity contribution is -0.135. The first-order valence-electron chi connectivity index (χ1n) is 7.33. The zero-order valence-corrected chi connectivity index (χ0v) is 11.6. The van der Waals surface area contributed by atoms with Crippen molar-refractivity contribution in [3.05, 3.63) is 0 Å². The molecule has 0 radical (unpaired) electrons. The highest BCUT2D eigenvalue weighted by molar-refractivity contribution is 5.83. The number of piperidine rings is 1. The van der Waals surface area contributed by atoms with Crippen molar-refractivity contribution in [2.24, 2.45) is 5.41 Å². The highest BCUT2D eigenvalue weighted by atomic mass is 16.5. The molecule has 0 aromatic rings. The van der Waals surface area contributed by atoms with Crippen molar-refractivity contribution < 1.29 is 9.53 Å². The minimum atomic E-state index is -0.172. The van der Waals surface area contributed by atoms with Gasteiger partial charge >= 0.3 is 0 Å². The summed E-state index contributed by atoms with van der Waals surface area (Å²) >= 11 is 0. The van der Waals surface area contributed by atoms with Crippen molar-refractivity contribution in [2.75, 3.05) is 19.7 Å². The van der Waals surface area contributed by atoms with Gasteiger partial charge in [-0.1, -0.05) is 6.92 Å². The molecule has 1 aliphatic carbocycles. The monoisotopic (exact) mass is 254 g/mol. The molecular formula is C14H26N2O2. The predicted octanol–water partition coefficient (Wildman–Crippen LogP) is 1.45. The number of rotatable bonds is 5. The van der Waals surface area contributed by atoms with E-state index >= 15 is 0 Å². The van der Waals surface area contributed by atoms with Crippen molar-refractivity contribution in [1.82, 2.24) is 10.6 Å². The van der Waals surface area contributed by atoms with Crippen LogP contribution in [0.5, 0.6) is 0 Å². The van der Waals surface area contributed by atoms with Crippen LogP contribution in [0.4, 0.5) is 0 Å². The maximum Gasteiger partial charge on any atom is 0.227 e. The van der Waals surface area contributed by atoms with Gasteiger partial charge in [-0.25, -0.2) is 0 Å². The molecule has 104 valence electrons. The summed E-state index contributed by atoms with van der Waals surface area (Å²) in [7, 11) is 0. The van der Waals surface area contributed by atoms with Crippen LogP contribution in [-0.2, 0) is 9.53 Å². The fourth-order valence-electron chi connectivity index (χ4n) is 3.02. The van der Waals surface area contributed by atoms with E-state index in [9.17, 15) is 4.79 Å². The Kier molecular flexibility index (Phi) is 4.62. The molecule has 1 saturated heterocycles. The summed E-state index contributed by atoms with van der Waals surface area (Å²) in [4.78, 5) is 12.4. The standard InChI is InChI=1S/C14H26N2O2/c1-3-14(6-5-7-15-10-14)13(17)16-11-8-12(9-11)18-4-2/h11-12,15H,3-10H2,1-2H3,(H,16,17). The molecule has 2 aliphatic rings. The van der Waals surface area contributed by atoms with E-state index in [4.69, 9.17) is 4.74 Å². The average Bonchev–Trinajstić information content (AvgIpc) is 2.37. The molecule has 0 spiro atoms. The molecule has 1 atom stereocenters. The van der Waals surface area contributed by atoms with Crippen molar-refractivity contribution in [3.63, 3.8) is 0 Å². The second-order valence-electron chi connectivity index (χ2n) is 5.63. The summed E-state index contributed by atoms with van der Waals surface area (Å²) in [5.74, 6) is 0.247. The van der Waals surface area contributed by atoms with Crippen LogP contribution >= 0.6 is 0 Å². The Morgan fingerprint density at radius 2 is 2.22 bits per heavy atom. The van der Waals surface area contributed by atoms with Gasteiger partial charge in [-0.2, -0.15) is 0 Å². The van der Waals surface area contributed by atoms with Crippen LogP contribution in [0.25, 0.3) is 0 Å².